The van der Waals surface area contributed by atoms with Crippen LogP contribution in [-0.2, 0) is 4.79 Å². The molecule has 1 rings (SSSR count). The summed E-state index contributed by atoms with van der Waals surface area (Å²) in [6.45, 7) is 12.7. The van der Waals surface area contributed by atoms with Crippen molar-refractivity contribution in [2.75, 3.05) is 0 Å². The summed E-state index contributed by atoms with van der Waals surface area (Å²) in [6, 6.07) is 10.1. The average Bonchev–Trinajstić information content (AvgIpc) is 2.36. The van der Waals surface area contributed by atoms with E-state index in [1.807, 2.05) is 41.3 Å². The zero-order valence-corrected chi connectivity index (χ0v) is 13.6. The van der Waals surface area contributed by atoms with Crippen molar-refractivity contribution in [1.82, 2.24) is 4.90 Å². The summed E-state index contributed by atoms with van der Waals surface area (Å²) in [7, 11) is 0. The van der Waals surface area contributed by atoms with E-state index < -0.39 is 0 Å². The monoisotopic (exact) mass is 273 g/mol. The van der Waals surface area contributed by atoms with E-state index in [1.54, 1.807) is 6.08 Å². The number of hydrogen-bond acceptors (Lipinski definition) is 1. The van der Waals surface area contributed by atoms with Crippen LogP contribution in [-0.4, -0.2) is 22.4 Å². The smallest absolute Gasteiger partial charge is 0.247 e. The van der Waals surface area contributed by atoms with Crippen LogP contribution in [0, 0.1) is 5.92 Å². The predicted octanol–water partition coefficient (Wildman–Crippen LogP) is 4.37. The molecule has 2 heteroatoms. The fourth-order valence-electron chi connectivity index (χ4n) is 2.29. The van der Waals surface area contributed by atoms with Gasteiger partial charge in [0.25, 0.3) is 0 Å². The molecule has 0 fully saturated rings. The molecule has 1 aromatic rings. The van der Waals surface area contributed by atoms with E-state index in [2.05, 4.69) is 41.5 Å². The van der Waals surface area contributed by atoms with Crippen molar-refractivity contribution in [3.63, 3.8) is 0 Å². The molecule has 0 aliphatic carbocycles. The molecule has 0 aromatic heterocycles. The number of carbonyl (C=O) groups is 1. The van der Waals surface area contributed by atoms with E-state index in [0.29, 0.717) is 5.92 Å². The van der Waals surface area contributed by atoms with Crippen LogP contribution in [0.1, 0.15) is 47.1 Å². The van der Waals surface area contributed by atoms with Gasteiger partial charge in [-0.15, -0.1) is 0 Å². The maximum absolute atomic E-state index is 12.5. The van der Waals surface area contributed by atoms with Crippen molar-refractivity contribution < 1.29 is 4.79 Å². The first kappa shape index (κ1) is 16.5. The van der Waals surface area contributed by atoms with Crippen LogP contribution >= 0.6 is 0 Å². The highest BCUT2D eigenvalue weighted by Gasteiger charge is 2.34. The van der Waals surface area contributed by atoms with Gasteiger partial charge in [0.15, 0.2) is 0 Å². The van der Waals surface area contributed by atoms with Gasteiger partial charge in [0.1, 0.15) is 0 Å². The van der Waals surface area contributed by atoms with E-state index in [1.165, 1.54) is 0 Å². The van der Waals surface area contributed by atoms with Crippen molar-refractivity contribution in [3.05, 3.63) is 42.0 Å². The molecule has 1 aromatic carbocycles. The Balaban J connectivity index is 2.94. The molecule has 0 atom stereocenters. The maximum atomic E-state index is 12.5. The summed E-state index contributed by atoms with van der Waals surface area (Å²) in [5.74, 6) is 0.474. The van der Waals surface area contributed by atoms with E-state index in [-0.39, 0.29) is 17.5 Å². The van der Waals surface area contributed by atoms with Crippen molar-refractivity contribution in [3.8, 4) is 0 Å². The summed E-state index contributed by atoms with van der Waals surface area (Å²) in [4.78, 5) is 14.5. The Labute approximate surface area is 123 Å². The van der Waals surface area contributed by atoms with Gasteiger partial charge in [0.2, 0.25) is 5.91 Å². The van der Waals surface area contributed by atoms with Gasteiger partial charge in [-0.25, -0.2) is 0 Å². The number of rotatable bonds is 5. The molecule has 1 amide bonds. The van der Waals surface area contributed by atoms with E-state index in [9.17, 15) is 4.79 Å². The maximum Gasteiger partial charge on any atom is 0.247 e. The quantitative estimate of drug-likeness (QED) is 0.729. The minimum absolute atomic E-state index is 0.0718. The second-order valence-corrected chi connectivity index (χ2v) is 6.35. The topological polar surface area (TPSA) is 20.3 Å². The highest BCUT2D eigenvalue weighted by molar-refractivity contribution is 5.92. The Morgan fingerprint density at radius 3 is 2.10 bits per heavy atom. The predicted molar refractivity (Wildman–Crippen MR) is 86.4 cm³/mol. The molecular weight excluding hydrogens is 246 g/mol. The third kappa shape index (κ3) is 3.96. The third-order valence-electron chi connectivity index (χ3n) is 4.01. The van der Waals surface area contributed by atoms with Gasteiger partial charge in [-0.05, 0) is 45.3 Å². The molecule has 0 aliphatic rings. The fourth-order valence-corrected chi connectivity index (χ4v) is 2.29. The first-order valence-corrected chi connectivity index (χ1v) is 7.33. The number of amides is 1. The Bertz CT molecular complexity index is 458. The molecule has 0 heterocycles. The number of benzene rings is 1. The Morgan fingerprint density at radius 1 is 1.10 bits per heavy atom. The molecule has 0 saturated carbocycles. The van der Waals surface area contributed by atoms with Crippen molar-refractivity contribution in [1.29, 1.82) is 0 Å². The van der Waals surface area contributed by atoms with Crippen LogP contribution in [0.15, 0.2) is 36.4 Å². The van der Waals surface area contributed by atoms with E-state index in [0.717, 1.165) is 5.56 Å². The number of hydrogen-bond donors (Lipinski definition) is 0. The fraction of sp³-hybridized carbons (Fsp3) is 0.500. The lowest BCUT2D eigenvalue weighted by Crippen LogP contribution is -2.53. The Morgan fingerprint density at radius 2 is 1.65 bits per heavy atom. The first-order valence-electron chi connectivity index (χ1n) is 7.33. The molecule has 0 bridgehead atoms. The second-order valence-electron chi connectivity index (χ2n) is 6.35. The van der Waals surface area contributed by atoms with Crippen molar-refractivity contribution >= 4 is 12.0 Å². The summed E-state index contributed by atoms with van der Waals surface area (Å²) in [6.07, 6.45) is 3.56. The summed E-state index contributed by atoms with van der Waals surface area (Å²) in [5, 5.41) is 0. The molecule has 0 saturated heterocycles. The van der Waals surface area contributed by atoms with E-state index >= 15 is 0 Å². The van der Waals surface area contributed by atoms with Crippen LogP contribution in [0.5, 0.6) is 0 Å². The van der Waals surface area contributed by atoms with Gasteiger partial charge >= 0.3 is 0 Å². The number of carbonyl (C=O) groups excluding carboxylic acids is 1. The van der Waals surface area contributed by atoms with Gasteiger partial charge in [-0.3, -0.25) is 4.79 Å². The van der Waals surface area contributed by atoms with Crippen LogP contribution in [0.4, 0.5) is 0 Å². The van der Waals surface area contributed by atoms with Crippen LogP contribution in [0.25, 0.3) is 6.08 Å². The molecule has 0 radical (unpaired) electrons. The lowest BCUT2D eigenvalue weighted by atomic mass is 9.87. The SMILES string of the molecule is CC(C)N(C(=O)C=Cc1ccccc1)C(C)(C)C(C)C. The lowest BCUT2D eigenvalue weighted by Gasteiger charge is -2.44. The highest BCUT2D eigenvalue weighted by atomic mass is 16.2. The largest absolute Gasteiger partial charge is 0.331 e. The molecule has 0 spiro atoms. The second kappa shape index (κ2) is 6.74. The lowest BCUT2D eigenvalue weighted by molar-refractivity contribution is -0.135. The minimum Gasteiger partial charge on any atom is -0.331 e. The summed E-state index contributed by atoms with van der Waals surface area (Å²) in [5.41, 5.74) is 0.888. The first-order chi connectivity index (χ1) is 9.26. The zero-order valence-electron chi connectivity index (χ0n) is 13.6. The molecule has 20 heavy (non-hydrogen) atoms. The molecule has 0 aliphatic heterocycles. The summed E-state index contributed by atoms with van der Waals surface area (Å²) >= 11 is 0. The normalized spacial score (nSPS) is 12.4. The van der Waals surface area contributed by atoms with Crippen molar-refractivity contribution in [2.45, 2.75) is 53.1 Å². The Kier molecular flexibility index (Phi) is 5.55. The minimum atomic E-state index is -0.160. The number of nitrogens with zero attached hydrogens (tertiary/aromatic N) is 1. The molecular formula is C18H27NO. The summed E-state index contributed by atoms with van der Waals surface area (Å²) < 4.78 is 0. The van der Waals surface area contributed by atoms with Crippen LogP contribution in [0.3, 0.4) is 0 Å². The standard InChI is InChI=1S/C18H27NO/c1-14(2)18(5,6)19(15(3)4)17(20)13-12-16-10-8-7-9-11-16/h7-15H,1-6H3. The van der Waals surface area contributed by atoms with Gasteiger partial charge in [0.05, 0.1) is 0 Å². The third-order valence-corrected chi connectivity index (χ3v) is 4.01. The molecule has 2 nitrogen and oxygen atoms in total. The van der Waals surface area contributed by atoms with E-state index in [4.69, 9.17) is 0 Å². The van der Waals surface area contributed by atoms with Gasteiger partial charge in [0, 0.05) is 17.7 Å². The highest BCUT2D eigenvalue weighted by Crippen LogP contribution is 2.26. The van der Waals surface area contributed by atoms with Crippen LogP contribution < -0.4 is 0 Å². The zero-order chi connectivity index (χ0) is 15.3. The Hall–Kier alpha value is -1.57. The van der Waals surface area contributed by atoms with Gasteiger partial charge in [-0.1, -0.05) is 44.2 Å². The van der Waals surface area contributed by atoms with Crippen molar-refractivity contribution in [2.24, 2.45) is 5.92 Å². The molecule has 0 N–H and O–H groups in total. The van der Waals surface area contributed by atoms with Crippen LogP contribution in [0.2, 0.25) is 0 Å². The molecule has 110 valence electrons. The van der Waals surface area contributed by atoms with Gasteiger partial charge in [-0.2, -0.15) is 0 Å². The van der Waals surface area contributed by atoms with Gasteiger partial charge < -0.3 is 4.90 Å². The molecule has 0 unspecified atom stereocenters. The average molecular weight is 273 g/mol.